The van der Waals surface area contributed by atoms with Crippen LogP contribution in [0.3, 0.4) is 0 Å². The molecule has 1 amide bonds. The summed E-state index contributed by atoms with van der Waals surface area (Å²) in [5.41, 5.74) is 2.25. The topological polar surface area (TPSA) is 54.7 Å². The van der Waals surface area contributed by atoms with Gasteiger partial charge in [-0.2, -0.15) is 0 Å². The highest BCUT2D eigenvalue weighted by molar-refractivity contribution is 6.43. The van der Waals surface area contributed by atoms with Crippen LogP contribution in [0.4, 0.5) is 0 Å². The maximum Gasteiger partial charge on any atom is 0.296 e. The Balaban J connectivity index is 2.27. The molecule has 0 fully saturated rings. The Morgan fingerprint density at radius 3 is 2.36 bits per heavy atom. The molecule has 0 N–H and O–H groups in total. The number of imidazole rings is 1. The largest absolute Gasteiger partial charge is 0.342 e. The summed E-state index contributed by atoms with van der Waals surface area (Å²) in [4.78, 5) is 30.5. The van der Waals surface area contributed by atoms with E-state index >= 15 is 0 Å². The van der Waals surface area contributed by atoms with Gasteiger partial charge in [0.2, 0.25) is 0 Å². The number of hydrogen-bond acceptors (Lipinski definition) is 3. The van der Waals surface area contributed by atoms with Crippen LogP contribution in [0.1, 0.15) is 10.5 Å². The average Bonchev–Trinajstić information content (AvgIpc) is 2.93. The molecular formula is C17H15N3O2. The number of fused-ring (bicyclic) bond motifs is 1. The summed E-state index contributed by atoms with van der Waals surface area (Å²) >= 11 is 0. The Kier molecular flexibility index (Phi) is 3.47. The van der Waals surface area contributed by atoms with Gasteiger partial charge >= 0.3 is 0 Å². The fourth-order valence-electron chi connectivity index (χ4n) is 2.31. The first-order chi connectivity index (χ1) is 10.6. The van der Waals surface area contributed by atoms with Gasteiger partial charge in [-0.25, -0.2) is 4.98 Å². The molecule has 0 radical (unpaired) electrons. The van der Waals surface area contributed by atoms with Gasteiger partial charge in [0.25, 0.3) is 11.7 Å². The third-order valence-electron chi connectivity index (χ3n) is 3.39. The number of ketones is 1. The minimum absolute atomic E-state index is 0.292. The molecule has 0 saturated carbocycles. The predicted molar refractivity (Wildman–Crippen MR) is 83.7 cm³/mol. The minimum atomic E-state index is -0.567. The third-order valence-corrected chi connectivity index (χ3v) is 3.39. The molecule has 0 spiro atoms. The van der Waals surface area contributed by atoms with Crippen molar-refractivity contribution in [3.63, 3.8) is 0 Å². The van der Waals surface area contributed by atoms with E-state index < -0.39 is 11.7 Å². The van der Waals surface area contributed by atoms with Crippen LogP contribution in [-0.2, 0) is 4.79 Å². The highest BCUT2D eigenvalue weighted by Gasteiger charge is 2.26. The number of rotatable bonds is 3. The van der Waals surface area contributed by atoms with Crippen LogP contribution in [0.25, 0.3) is 16.9 Å². The van der Waals surface area contributed by atoms with E-state index in [2.05, 4.69) is 4.98 Å². The molecule has 2 aromatic heterocycles. The molecule has 2 heterocycles. The second kappa shape index (κ2) is 5.44. The summed E-state index contributed by atoms with van der Waals surface area (Å²) < 4.78 is 1.66. The van der Waals surface area contributed by atoms with Crippen molar-refractivity contribution in [1.29, 1.82) is 0 Å². The molecule has 5 nitrogen and oxygen atoms in total. The van der Waals surface area contributed by atoms with Crippen LogP contribution in [0, 0.1) is 0 Å². The number of carbonyl (C=O) groups excluding carboxylic acids is 2. The smallest absolute Gasteiger partial charge is 0.296 e. The first-order valence-electron chi connectivity index (χ1n) is 6.88. The Morgan fingerprint density at radius 2 is 1.68 bits per heavy atom. The lowest BCUT2D eigenvalue weighted by Crippen LogP contribution is -2.31. The number of carbonyl (C=O) groups is 2. The number of nitrogens with zero attached hydrogens (tertiary/aromatic N) is 3. The predicted octanol–water partition coefficient (Wildman–Crippen LogP) is 2.27. The molecule has 3 rings (SSSR count). The van der Waals surface area contributed by atoms with Crippen molar-refractivity contribution in [3.8, 4) is 11.3 Å². The van der Waals surface area contributed by atoms with Gasteiger partial charge in [-0.15, -0.1) is 0 Å². The standard InChI is InChI=1S/C17H15N3O2/c1-19(2)17(22)16(21)15-14(12-8-4-3-5-9-12)18-13-10-6-7-11-20(13)15/h3-11H,1-2H3. The Bertz CT molecular complexity index is 851. The number of benzene rings is 1. The number of pyridine rings is 1. The van der Waals surface area contributed by atoms with Gasteiger partial charge in [-0.1, -0.05) is 36.4 Å². The van der Waals surface area contributed by atoms with Gasteiger partial charge in [-0.3, -0.25) is 14.0 Å². The number of amides is 1. The molecular weight excluding hydrogens is 278 g/mol. The molecule has 0 bridgehead atoms. The highest BCUT2D eigenvalue weighted by atomic mass is 16.2. The number of hydrogen-bond donors (Lipinski definition) is 0. The van der Waals surface area contributed by atoms with Crippen molar-refractivity contribution >= 4 is 17.3 Å². The zero-order valence-electron chi connectivity index (χ0n) is 12.4. The Hall–Kier alpha value is -2.95. The molecule has 0 aliphatic heterocycles. The summed E-state index contributed by atoms with van der Waals surface area (Å²) in [6.45, 7) is 0. The molecule has 0 atom stereocenters. The second-order valence-electron chi connectivity index (χ2n) is 5.13. The van der Waals surface area contributed by atoms with Crippen LogP contribution in [0.15, 0.2) is 54.7 Å². The van der Waals surface area contributed by atoms with Gasteiger partial charge in [0, 0.05) is 25.9 Å². The lowest BCUT2D eigenvalue weighted by molar-refractivity contribution is -0.124. The Morgan fingerprint density at radius 1 is 1.00 bits per heavy atom. The van der Waals surface area contributed by atoms with Gasteiger partial charge < -0.3 is 4.90 Å². The number of aromatic nitrogens is 2. The lowest BCUT2D eigenvalue weighted by atomic mass is 10.1. The SMILES string of the molecule is CN(C)C(=O)C(=O)c1c(-c2ccccc2)nc2ccccn12. The van der Waals surface area contributed by atoms with Gasteiger partial charge in [-0.05, 0) is 12.1 Å². The Labute approximate surface area is 127 Å². The van der Waals surface area contributed by atoms with Crippen molar-refractivity contribution in [3.05, 3.63) is 60.4 Å². The molecule has 1 aromatic carbocycles. The van der Waals surface area contributed by atoms with E-state index in [0.717, 1.165) is 5.56 Å². The zero-order valence-corrected chi connectivity index (χ0v) is 12.4. The van der Waals surface area contributed by atoms with Crippen LogP contribution in [-0.4, -0.2) is 40.1 Å². The van der Waals surface area contributed by atoms with Crippen molar-refractivity contribution in [2.24, 2.45) is 0 Å². The van der Waals surface area contributed by atoms with Gasteiger partial charge in [0.15, 0.2) is 0 Å². The van der Waals surface area contributed by atoms with Gasteiger partial charge in [0.05, 0.1) is 0 Å². The van der Waals surface area contributed by atoms with Gasteiger partial charge in [0.1, 0.15) is 17.0 Å². The maximum absolute atomic E-state index is 12.6. The molecule has 3 aromatic rings. The minimum Gasteiger partial charge on any atom is -0.342 e. The van der Waals surface area contributed by atoms with Crippen LogP contribution >= 0.6 is 0 Å². The molecule has 0 aliphatic rings. The van der Waals surface area contributed by atoms with Crippen molar-refractivity contribution < 1.29 is 9.59 Å². The molecule has 0 unspecified atom stereocenters. The highest BCUT2D eigenvalue weighted by Crippen LogP contribution is 2.25. The first kappa shape index (κ1) is 14.0. The van der Waals surface area contributed by atoms with Crippen molar-refractivity contribution in [2.75, 3.05) is 14.1 Å². The van der Waals surface area contributed by atoms with Crippen molar-refractivity contribution in [1.82, 2.24) is 14.3 Å². The van der Waals surface area contributed by atoms with E-state index in [0.29, 0.717) is 17.0 Å². The summed E-state index contributed by atoms with van der Waals surface area (Å²) in [5.74, 6) is -1.13. The average molecular weight is 293 g/mol. The second-order valence-corrected chi connectivity index (χ2v) is 5.13. The number of Topliss-reactive ketones (excluding diaryl/α,β-unsaturated/α-hetero) is 1. The fourth-order valence-corrected chi connectivity index (χ4v) is 2.31. The van der Waals surface area contributed by atoms with E-state index in [9.17, 15) is 9.59 Å². The van der Waals surface area contributed by atoms with Crippen LogP contribution in [0.2, 0.25) is 0 Å². The van der Waals surface area contributed by atoms with Crippen LogP contribution < -0.4 is 0 Å². The van der Waals surface area contributed by atoms with Crippen LogP contribution in [0.5, 0.6) is 0 Å². The lowest BCUT2D eigenvalue weighted by Gasteiger charge is -2.10. The normalized spacial score (nSPS) is 10.6. The van der Waals surface area contributed by atoms with E-state index in [1.54, 1.807) is 30.8 Å². The van der Waals surface area contributed by atoms with Crippen molar-refractivity contribution in [2.45, 2.75) is 0 Å². The molecule has 5 heteroatoms. The van der Waals surface area contributed by atoms with E-state index in [-0.39, 0.29) is 0 Å². The molecule has 22 heavy (non-hydrogen) atoms. The molecule has 0 saturated heterocycles. The monoisotopic (exact) mass is 293 g/mol. The summed E-state index contributed by atoms with van der Waals surface area (Å²) in [6, 6.07) is 14.9. The van der Waals surface area contributed by atoms with E-state index in [1.807, 2.05) is 42.5 Å². The van der Waals surface area contributed by atoms with E-state index in [1.165, 1.54) is 4.90 Å². The summed E-state index contributed by atoms with van der Waals surface area (Å²) in [7, 11) is 3.12. The maximum atomic E-state index is 12.6. The zero-order chi connectivity index (χ0) is 15.7. The fraction of sp³-hybridized carbons (Fsp3) is 0.118. The summed E-state index contributed by atoms with van der Waals surface area (Å²) in [6.07, 6.45) is 1.74. The number of likely N-dealkylation sites (N-methyl/N-ethyl adjacent to an activating group) is 1. The van der Waals surface area contributed by atoms with E-state index in [4.69, 9.17) is 0 Å². The quantitative estimate of drug-likeness (QED) is 0.550. The third kappa shape index (κ3) is 2.26. The molecule has 0 aliphatic carbocycles. The first-order valence-corrected chi connectivity index (χ1v) is 6.88. The molecule has 110 valence electrons. The summed E-state index contributed by atoms with van der Waals surface area (Å²) in [5, 5.41) is 0.